The van der Waals surface area contributed by atoms with Crippen LogP contribution in [-0.4, -0.2) is 39.9 Å². The number of ether oxygens (including phenoxy) is 2. The number of fused-ring (bicyclic) bond motifs is 1. The van der Waals surface area contributed by atoms with E-state index < -0.39 is 0 Å². The van der Waals surface area contributed by atoms with Crippen molar-refractivity contribution in [2.45, 2.75) is 26.2 Å². The minimum Gasteiger partial charge on any atom is -0.497 e. The molecule has 1 aliphatic rings. The molecule has 0 saturated heterocycles. The van der Waals surface area contributed by atoms with Crippen LogP contribution in [0.15, 0.2) is 36.4 Å². The monoisotopic (exact) mass is 383 g/mol. The van der Waals surface area contributed by atoms with E-state index in [9.17, 15) is 4.79 Å². The molecule has 0 aromatic heterocycles. The van der Waals surface area contributed by atoms with Crippen molar-refractivity contribution in [3.63, 3.8) is 0 Å². The molecule has 2 aromatic rings. The van der Waals surface area contributed by atoms with Gasteiger partial charge in [-0.3, -0.25) is 0 Å². The maximum absolute atomic E-state index is 12.2. The van der Waals surface area contributed by atoms with Gasteiger partial charge in [0, 0.05) is 31.4 Å². The van der Waals surface area contributed by atoms with Crippen LogP contribution in [0.2, 0.25) is 0 Å². The van der Waals surface area contributed by atoms with Crippen LogP contribution >= 0.6 is 0 Å². The number of hydrogen-bond acceptors (Lipinski definition) is 4. The summed E-state index contributed by atoms with van der Waals surface area (Å²) in [5.41, 5.74) is 4.63. The van der Waals surface area contributed by atoms with E-state index in [1.54, 1.807) is 32.4 Å². The lowest BCUT2D eigenvalue weighted by Gasteiger charge is -2.30. The first-order valence-electron chi connectivity index (χ1n) is 9.78. The predicted molar refractivity (Wildman–Crippen MR) is 113 cm³/mol. The molecule has 6 nitrogen and oxygen atoms in total. The fourth-order valence-corrected chi connectivity index (χ4v) is 3.60. The molecule has 0 atom stereocenters. The van der Waals surface area contributed by atoms with Crippen LogP contribution in [0, 0.1) is 0 Å². The highest BCUT2D eigenvalue weighted by molar-refractivity contribution is 5.91. The van der Waals surface area contributed by atoms with Crippen LogP contribution < -0.4 is 25.0 Å². The number of amides is 2. The zero-order chi connectivity index (χ0) is 19.9. The molecule has 6 heteroatoms. The second-order valence-electron chi connectivity index (χ2n) is 6.84. The van der Waals surface area contributed by atoms with E-state index in [2.05, 4.69) is 40.7 Å². The van der Waals surface area contributed by atoms with Gasteiger partial charge in [0.25, 0.3) is 0 Å². The van der Waals surface area contributed by atoms with E-state index in [0.717, 1.165) is 25.9 Å². The number of nitrogens with zero attached hydrogens (tertiary/aromatic N) is 1. The van der Waals surface area contributed by atoms with Gasteiger partial charge in [-0.15, -0.1) is 0 Å². The zero-order valence-electron chi connectivity index (χ0n) is 16.9. The number of urea groups is 1. The standard InChI is InChI=1S/C22H29N3O3/c1-4-25-13-5-6-17-14-16(7-10-20(17)25)11-12-23-22(26)24-19-9-8-18(27-2)15-21(19)28-3/h7-10,14-15H,4-6,11-13H2,1-3H3,(H2,23,24,26). The van der Waals surface area contributed by atoms with Gasteiger partial charge in [-0.2, -0.15) is 0 Å². The molecular weight excluding hydrogens is 354 g/mol. The highest BCUT2D eigenvalue weighted by Gasteiger charge is 2.15. The second kappa shape index (κ2) is 9.35. The lowest BCUT2D eigenvalue weighted by Crippen LogP contribution is -2.31. The van der Waals surface area contributed by atoms with E-state index >= 15 is 0 Å². The maximum atomic E-state index is 12.2. The number of anilines is 2. The van der Waals surface area contributed by atoms with Gasteiger partial charge in [0.2, 0.25) is 0 Å². The quantitative estimate of drug-likeness (QED) is 0.763. The molecule has 2 N–H and O–H groups in total. The van der Waals surface area contributed by atoms with E-state index in [1.165, 1.54) is 23.2 Å². The summed E-state index contributed by atoms with van der Waals surface area (Å²) in [7, 11) is 3.16. The molecule has 0 fully saturated rings. The van der Waals surface area contributed by atoms with Crippen molar-refractivity contribution in [2.24, 2.45) is 0 Å². The van der Waals surface area contributed by atoms with E-state index in [0.29, 0.717) is 23.7 Å². The number of carbonyl (C=O) groups excluding carboxylic acids is 1. The molecule has 0 bridgehead atoms. The van der Waals surface area contributed by atoms with E-state index in [1.807, 2.05) is 0 Å². The fourth-order valence-electron chi connectivity index (χ4n) is 3.60. The Labute approximate surface area is 166 Å². The largest absolute Gasteiger partial charge is 0.497 e. The number of benzene rings is 2. The summed E-state index contributed by atoms with van der Waals surface area (Å²) in [6.45, 7) is 4.95. The predicted octanol–water partition coefficient (Wildman–Crippen LogP) is 3.84. The van der Waals surface area contributed by atoms with E-state index in [4.69, 9.17) is 9.47 Å². The summed E-state index contributed by atoms with van der Waals surface area (Å²) in [5.74, 6) is 1.24. The number of carbonyl (C=O) groups is 1. The number of hydrogen-bond donors (Lipinski definition) is 2. The lowest BCUT2D eigenvalue weighted by atomic mass is 9.98. The third-order valence-corrected chi connectivity index (χ3v) is 5.10. The van der Waals surface area contributed by atoms with Gasteiger partial charge in [-0.25, -0.2) is 4.79 Å². The fraction of sp³-hybridized carbons (Fsp3) is 0.409. The SMILES string of the molecule is CCN1CCCc2cc(CCNC(=O)Nc3ccc(OC)cc3OC)ccc21. The Bertz CT molecular complexity index is 823. The molecule has 1 heterocycles. The van der Waals surface area contributed by atoms with Crippen LogP contribution in [0.3, 0.4) is 0 Å². The second-order valence-corrected chi connectivity index (χ2v) is 6.84. The van der Waals surface area contributed by atoms with Gasteiger partial charge >= 0.3 is 6.03 Å². The Balaban J connectivity index is 1.53. The summed E-state index contributed by atoms with van der Waals surface area (Å²) in [5, 5.41) is 5.74. The van der Waals surface area contributed by atoms with Gasteiger partial charge in [0.15, 0.2) is 0 Å². The molecule has 0 aliphatic carbocycles. The van der Waals surface area contributed by atoms with Crippen molar-refractivity contribution in [3.8, 4) is 11.5 Å². The van der Waals surface area contributed by atoms with Crippen molar-refractivity contribution < 1.29 is 14.3 Å². The summed E-state index contributed by atoms with van der Waals surface area (Å²) in [6, 6.07) is 11.7. The summed E-state index contributed by atoms with van der Waals surface area (Å²) in [6.07, 6.45) is 3.13. The number of rotatable bonds is 7. The summed E-state index contributed by atoms with van der Waals surface area (Å²) >= 11 is 0. The molecule has 2 aromatic carbocycles. The average Bonchev–Trinajstić information content (AvgIpc) is 2.73. The third-order valence-electron chi connectivity index (χ3n) is 5.10. The van der Waals surface area contributed by atoms with Crippen molar-refractivity contribution in [1.29, 1.82) is 0 Å². The van der Waals surface area contributed by atoms with Crippen LogP contribution in [0.5, 0.6) is 11.5 Å². The molecule has 0 unspecified atom stereocenters. The molecule has 0 radical (unpaired) electrons. The Hall–Kier alpha value is -2.89. The van der Waals surface area contributed by atoms with Crippen LogP contribution in [0.1, 0.15) is 24.5 Å². The molecule has 150 valence electrons. The average molecular weight is 383 g/mol. The molecule has 1 aliphatic heterocycles. The Morgan fingerprint density at radius 2 is 2.00 bits per heavy atom. The molecule has 28 heavy (non-hydrogen) atoms. The first-order valence-corrected chi connectivity index (χ1v) is 9.78. The third kappa shape index (κ3) is 4.68. The molecule has 2 amide bonds. The van der Waals surface area contributed by atoms with Crippen molar-refractivity contribution >= 4 is 17.4 Å². The van der Waals surface area contributed by atoms with Crippen LogP contribution in [0.4, 0.5) is 16.2 Å². The van der Waals surface area contributed by atoms with Crippen LogP contribution in [-0.2, 0) is 12.8 Å². The Morgan fingerprint density at radius 1 is 1.14 bits per heavy atom. The van der Waals surface area contributed by atoms with E-state index in [-0.39, 0.29) is 6.03 Å². The minimum absolute atomic E-state index is 0.251. The Morgan fingerprint density at radius 3 is 2.75 bits per heavy atom. The van der Waals surface area contributed by atoms with Gasteiger partial charge in [-0.05, 0) is 55.5 Å². The van der Waals surface area contributed by atoms with Crippen molar-refractivity contribution in [1.82, 2.24) is 5.32 Å². The topological polar surface area (TPSA) is 62.8 Å². The number of aryl methyl sites for hydroxylation is 1. The molecule has 3 rings (SSSR count). The molecular formula is C22H29N3O3. The molecule has 0 saturated carbocycles. The number of methoxy groups -OCH3 is 2. The van der Waals surface area contributed by atoms with Gasteiger partial charge in [0.05, 0.1) is 19.9 Å². The minimum atomic E-state index is -0.251. The highest BCUT2D eigenvalue weighted by atomic mass is 16.5. The number of nitrogens with one attached hydrogen (secondary N) is 2. The van der Waals surface area contributed by atoms with Crippen molar-refractivity contribution in [2.75, 3.05) is 44.1 Å². The van der Waals surface area contributed by atoms with Crippen molar-refractivity contribution in [3.05, 3.63) is 47.5 Å². The lowest BCUT2D eigenvalue weighted by molar-refractivity contribution is 0.252. The Kier molecular flexibility index (Phi) is 6.63. The van der Waals surface area contributed by atoms with Gasteiger partial charge in [-0.1, -0.05) is 12.1 Å². The maximum Gasteiger partial charge on any atom is 0.319 e. The van der Waals surface area contributed by atoms with Gasteiger partial charge < -0.3 is 25.0 Å². The first kappa shape index (κ1) is 19.9. The zero-order valence-corrected chi connectivity index (χ0v) is 16.9. The molecule has 0 spiro atoms. The normalized spacial score (nSPS) is 12.9. The van der Waals surface area contributed by atoms with Crippen LogP contribution in [0.25, 0.3) is 0 Å². The summed E-state index contributed by atoms with van der Waals surface area (Å²) < 4.78 is 10.5. The smallest absolute Gasteiger partial charge is 0.319 e. The van der Waals surface area contributed by atoms with Gasteiger partial charge in [0.1, 0.15) is 11.5 Å². The highest BCUT2D eigenvalue weighted by Crippen LogP contribution is 2.29. The summed E-state index contributed by atoms with van der Waals surface area (Å²) in [4.78, 5) is 14.7. The first-order chi connectivity index (χ1) is 13.6.